The molecule has 0 spiro atoms. The Morgan fingerprint density at radius 1 is 1.17 bits per heavy atom. The van der Waals surface area contributed by atoms with E-state index in [4.69, 9.17) is 0 Å². The third-order valence-electron chi connectivity index (χ3n) is 3.99. The fraction of sp³-hybridized carbons (Fsp3) is 0.316. The Morgan fingerprint density at radius 2 is 1.92 bits per heavy atom. The second-order valence-electron chi connectivity index (χ2n) is 6.15. The first-order valence-electron chi connectivity index (χ1n) is 8.26. The molecule has 2 heterocycles. The molecule has 0 saturated carbocycles. The lowest BCUT2D eigenvalue weighted by Crippen LogP contribution is -2.30. The number of amides is 1. The Balaban J connectivity index is 1.68. The third-order valence-corrected chi connectivity index (χ3v) is 3.99. The van der Waals surface area contributed by atoms with Crippen molar-refractivity contribution in [2.75, 3.05) is 6.54 Å². The quantitative estimate of drug-likeness (QED) is 0.759. The summed E-state index contributed by atoms with van der Waals surface area (Å²) >= 11 is 0. The number of imidazole rings is 1. The lowest BCUT2D eigenvalue weighted by atomic mass is 10.2. The Labute approximate surface area is 141 Å². The molecular formula is C19H22N4O. The SMILES string of the molecule is CC(C)c1nc2ccccc2n1CC(=O)NCCc1ccncc1. The van der Waals surface area contributed by atoms with Gasteiger partial charge >= 0.3 is 0 Å². The molecule has 0 bridgehead atoms. The van der Waals surface area contributed by atoms with Gasteiger partial charge in [-0.05, 0) is 36.2 Å². The predicted octanol–water partition coefficient (Wildman–Crippen LogP) is 2.91. The molecule has 0 radical (unpaired) electrons. The first-order valence-corrected chi connectivity index (χ1v) is 8.26. The van der Waals surface area contributed by atoms with Crippen molar-refractivity contribution in [3.63, 3.8) is 0 Å². The van der Waals surface area contributed by atoms with E-state index in [1.807, 2.05) is 41.0 Å². The number of benzene rings is 1. The van der Waals surface area contributed by atoms with Crippen LogP contribution in [-0.2, 0) is 17.8 Å². The van der Waals surface area contributed by atoms with Crippen molar-refractivity contribution in [2.24, 2.45) is 0 Å². The summed E-state index contributed by atoms with van der Waals surface area (Å²) in [6.45, 7) is 5.11. The van der Waals surface area contributed by atoms with Gasteiger partial charge in [-0.2, -0.15) is 0 Å². The van der Waals surface area contributed by atoms with Crippen LogP contribution >= 0.6 is 0 Å². The van der Waals surface area contributed by atoms with Gasteiger partial charge in [0.1, 0.15) is 12.4 Å². The predicted molar refractivity (Wildman–Crippen MR) is 94.8 cm³/mol. The maximum absolute atomic E-state index is 12.3. The summed E-state index contributed by atoms with van der Waals surface area (Å²) in [5, 5.41) is 2.99. The van der Waals surface area contributed by atoms with Crippen molar-refractivity contribution in [1.29, 1.82) is 0 Å². The van der Waals surface area contributed by atoms with E-state index in [1.165, 1.54) is 5.56 Å². The fourth-order valence-corrected chi connectivity index (χ4v) is 2.80. The summed E-state index contributed by atoms with van der Waals surface area (Å²) in [7, 11) is 0. The van der Waals surface area contributed by atoms with Gasteiger partial charge in [0, 0.05) is 24.9 Å². The van der Waals surface area contributed by atoms with E-state index in [9.17, 15) is 4.79 Å². The van der Waals surface area contributed by atoms with Gasteiger partial charge in [0.2, 0.25) is 5.91 Å². The number of carbonyl (C=O) groups excluding carboxylic acids is 1. The number of nitrogens with zero attached hydrogens (tertiary/aromatic N) is 3. The van der Waals surface area contributed by atoms with Gasteiger partial charge in [0.05, 0.1) is 11.0 Å². The molecule has 3 aromatic rings. The van der Waals surface area contributed by atoms with E-state index < -0.39 is 0 Å². The molecule has 24 heavy (non-hydrogen) atoms. The fourth-order valence-electron chi connectivity index (χ4n) is 2.80. The summed E-state index contributed by atoms with van der Waals surface area (Å²) in [4.78, 5) is 21.0. The number of para-hydroxylation sites is 2. The van der Waals surface area contributed by atoms with Crippen molar-refractivity contribution in [2.45, 2.75) is 32.7 Å². The second kappa shape index (κ2) is 7.25. The maximum atomic E-state index is 12.3. The first kappa shape index (κ1) is 16.2. The van der Waals surface area contributed by atoms with E-state index >= 15 is 0 Å². The van der Waals surface area contributed by atoms with E-state index in [2.05, 4.69) is 29.1 Å². The minimum absolute atomic E-state index is 0.00843. The highest BCUT2D eigenvalue weighted by molar-refractivity contribution is 5.81. The van der Waals surface area contributed by atoms with E-state index in [0.717, 1.165) is 23.3 Å². The Bertz CT molecular complexity index is 824. The van der Waals surface area contributed by atoms with Crippen LogP contribution in [-0.4, -0.2) is 27.0 Å². The zero-order valence-corrected chi connectivity index (χ0v) is 14.1. The topological polar surface area (TPSA) is 59.8 Å². The monoisotopic (exact) mass is 322 g/mol. The maximum Gasteiger partial charge on any atom is 0.240 e. The number of hydrogen-bond acceptors (Lipinski definition) is 3. The number of fused-ring (bicyclic) bond motifs is 1. The van der Waals surface area contributed by atoms with Crippen LogP contribution in [0.3, 0.4) is 0 Å². The minimum atomic E-state index is 0.00843. The van der Waals surface area contributed by atoms with Crippen LogP contribution in [0, 0.1) is 0 Å². The molecule has 124 valence electrons. The van der Waals surface area contributed by atoms with Crippen LogP contribution in [0.2, 0.25) is 0 Å². The molecule has 0 aliphatic rings. The lowest BCUT2D eigenvalue weighted by molar-refractivity contribution is -0.121. The highest BCUT2D eigenvalue weighted by Gasteiger charge is 2.15. The summed E-state index contributed by atoms with van der Waals surface area (Å²) in [6.07, 6.45) is 4.34. The van der Waals surface area contributed by atoms with Gasteiger partial charge in [-0.15, -0.1) is 0 Å². The molecule has 0 fully saturated rings. The first-order chi connectivity index (χ1) is 11.6. The van der Waals surface area contributed by atoms with E-state index in [1.54, 1.807) is 12.4 Å². The standard InChI is InChI=1S/C19H22N4O/c1-14(2)19-22-16-5-3-4-6-17(16)23(19)13-18(24)21-12-9-15-7-10-20-11-8-15/h3-8,10-11,14H,9,12-13H2,1-2H3,(H,21,24). The Kier molecular flexibility index (Phi) is 4.89. The van der Waals surface area contributed by atoms with Crippen LogP contribution in [0.4, 0.5) is 0 Å². The van der Waals surface area contributed by atoms with Crippen molar-refractivity contribution in [3.05, 3.63) is 60.2 Å². The molecule has 0 aliphatic heterocycles. The molecule has 0 unspecified atom stereocenters. The number of rotatable bonds is 6. The lowest BCUT2D eigenvalue weighted by Gasteiger charge is -2.12. The van der Waals surface area contributed by atoms with Crippen LogP contribution in [0.5, 0.6) is 0 Å². The van der Waals surface area contributed by atoms with Crippen molar-refractivity contribution >= 4 is 16.9 Å². The summed E-state index contributed by atoms with van der Waals surface area (Å²) in [5.41, 5.74) is 3.11. The van der Waals surface area contributed by atoms with Gasteiger partial charge < -0.3 is 9.88 Å². The van der Waals surface area contributed by atoms with Crippen LogP contribution in [0.25, 0.3) is 11.0 Å². The molecule has 3 rings (SSSR count). The van der Waals surface area contributed by atoms with Crippen LogP contribution in [0.15, 0.2) is 48.8 Å². The zero-order valence-electron chi connectivity index (χ0n) is 14.1. The molecule has 5 nitrogen and oxygen atoms in total. The highest BCUT2D eigenvalue weighted by Crippen LogP contribution is 2.21. The number of aromatic nitrogens is 3. The van der Waals surface area contributed by atoms with Gasteiger partial charge in [-0.25, -0.2) is 4.98 Å². The Hall–Kier alpha value is -2.69. The van der Waals surface area contributed by atoms with Crippen molar-refractivity contribution in [3.8, 4) is 0 Å². The third kappa shape index (κ3) is 3.62. The van der Waals surface area contributed by atoms with Gasteiger partial charge in [-0.1, -0.05) is 26.0 Å². The molecule has 5 heteroatoms. The van der Waals surface area contributed by atoms with E-state index in [0.29, 0.717) is 13.1 Å². The molecular weight excluding hydrogens is 300 g/mol. The molecule has 0 atom stereocenters. The number of nitrogens with one attached hydrogen (secondary N) is 1. The summed E-state index contributed by atoms with van der Waals surface area (Å²) in [5.74, 6) is 1.22. The molecule has 0 aliphatic carbocycles. The highest BCUT2D eigenvalue weighted by atomic mass is 16.1. The van der Waals surface area contributed by atoms with E-state index in [-0.39, 0.29) is 11.8 Å². The van der Waals surface area contributed by atoms with Gasteiger partial charge in [0.25, 0.3) is 0 Å². The second-order valence-corrected chi connectivity index (χ2v) is 6.15. The largest absolute Gasteiger partial charge is 0.354 e. The molecule has 2 aromatic heterocycles. The normalized spacial score (nSPS) is 11.1. The minimum Gasteiger partial charge on any atom is -0.354 e. The average molecular weight is 322 g/mol. The summed E-state index contributed by atoms with van der Waals surface area (Å²) in [6, 6.07) is 11.9. The number of hydrogen-bond donors (Lipinski definition) is 1. The molecule has 1 aromatic carbocycles. The van der Waals surface area contributed by atoms with Gasteiger partial charge in [-0.3, -0.25) is 9.78 Å². The summed E-state index contributed by atoms with van der Waals surface area (Å²) < 4.78 is 2.02. The molecule has 1 amide bonds. The van der Waals surface area contributed by atoms with Crippen LogP contribution in [0.1, 0.15) is 31.2 Å². The zero-order chi connectivity index (χ0) is 16.9. The van der Waals surface area contributed by atoms with Crippen LogP contribution < -0.4 is 5.32 Å². The number of pyridine rings is 1. The number of carbonyl (C=O) groups is 1. The smallest absolute Gasteiger partial charge is 0.240 e. The van der Waals surface area contributed by atoms with Crippen molar-refractivity contribution in [1.82, 2.24) is 19.9 Å². The van der Waals surface area contributed by atoms with Crippen molar-refractivity contribution < 1.29 is 4.79 Å². The Morgan fingerprint density at radius 3 is 2.67 bits per heavy atom. The molecule has 0 saturated heterocycles. The average Bonchev–Trinajstić information content (AvgIpc) is 2.95. The van der Waals surface area contributed by atoms with Gasteiger partial charge in [0.15, 0.2) is 0 Å². The molecule has 1 N–H and O–H groups in total.